The SMILES string of the molecule is C[Si]12O[Si]3(C)O[Si]4(C)O[Si](C)(O1)O[Si]1(C)O[Si]5(C)O[Si]6(C)O[Si]7(C)O[Si]8(C)O[Si](C)(O6)O[Si](C)(O1)O[Si](C)(O4)O[Si](C)(O8)O[Si](C)(O3)O[Si](C)(O7)O[Si](C)(O2)O5. The quantitative estimate of drug-likeness (QED) is 0.315. The van der Waals surface area contributed by atoms with Crippen LogP contribution >= 0.6 is 0 Å². The van der Waals surface area contributed by atoms with Gasteiger partial charge >= 0.3 is 141 Å². The van der Waals surface area contributed by atoms with Crippen molar-refractivity contribution < 1.29 is 98.8 Å². The lowest BCUT2D eigenvalue weighted by molar-refractivity contribution is -0.0118. The molecule has 320 valence electrons. The van der Waals surface area contributed by atoms with E-state index in [0.29, 0.717) is 0 Å². The molecule has 10 rings (SSSR count). The van der Waals surface area contributed by atoms with Gasteiger partial charge in [0.05, 0.1) is 0 Å². The maximum Gasteiger partial charge on any atom is 0.475 e. The van der Waals surface area contributed by atoms with Gasteiger partial charge in [-0.1, -0.05) is 0 Å². The van der Waals surface area contributed by atoms with E-state index in [1.807, 2.05) is 0 Å². The van der Waals surface area contributed by atoms with Crippen molar-refractivity contribution in [2.45, 2.75) is 105 Å². The predicted octanol–water partition coefficient (Wildman–Crippen LogP) is 1.61. The van der Waals surface area contributed by atoms with Crippen LogP contribution in [0.1, 0.15) is 0 Å². The molecule has 0 aromatic carbocycles. The van der Waals surface area contributed by atoms with Gasteiger partial charge in [-0.15, -0.1) is 0 Å². The van der Waals surface area contributed by atoms with Crippen molar-refractivity contribution in [3.63, 3.8) is 0 Å². The zero-order chi connectivity index (χ0) is 41.0. The molecule has 0 aliphatic carbocycles. The summed E-state index contributed by atoms with van der Waals surface area (Å²) < 4.78 is 169. The van der Waals surface area contributed by atoms with E-state index in [9.17, 15) is 0 Å². The molecule has 0 spiro atoms. The normalized spacial score (nSPS) is 66.0. The second kappa shape index (κ2) is 12.2. The molecule has 40 heteroatoms. The highest BCUT2D eigenvalue weighted by Crippen LogP contribution is 2.50. The van der Waals surface area contributed by atoms with E-state index < -0.39 is 141 Å². The van der Waals surface area contributed by atoms with Crippen LogP contribution < -0.4 is 0 Å². The van der Waals surface area contributed by atoms with Crippen LogP contribution in [0.2, 0.25) is 105 Å². The average Bonchev–Trinajstić information content (AvgIpc) is 2.75. The van der Waals surface area contributed by atoms with Gasteiger partial charge < -0.3 is 98.8 Å². The lowest BCUT2D eigenvalue weighted by Crippen LogP contribution is -2.85. The summed E-state index contributed by atoms with van der Waals surface area (Å²) in [5.41, 5.74) is 0. The zero-order valence-corrected chi connectivity index (χ0v) is 49.8. The second-order valence-electron chi connectivity index (χ2n) is 16.2. The predicted molar refractivity (Wildman–Crippen MR) is 212 cm³/mol. The van der Waals surface area contributed by atoms with Crippen LogP contribution in [0.15, 0.2) is 0 Å². The highest BCUT2D eigenvalue weighted by atomic mass is 28.6. The monoisotopic (exact) mass is 1070 g/mol. The molecule has 0 N–H and O–H groups in total. The van der Waals surface area contributed by atoms with Crippen LogP contribution in [0.5, 0.6) is 0 Å². The molecule has 10 fully saturated rings. The topological polar surface area (TPSA) is 222 Å². The lowest BCUT2D eigenvalue weighted by atomic mass is 11.9. The summed E-state index contributed by atoms with van der Waals surface area (Å²) in [6.07, 6.45) is 0. The molecular weight excluding hydrogens is 1030 g/mol. The molecule has 10 saturated heterocycles. The fraction of sp³-hybridized carbons (Fsp3) is 1.00. The van der Waals surface area contributed by atoms with Crippen LogP contribution in [0.3, 0.4) is 0 Å². The van der Waals surface area contributed by atoms with Crippen molar-refractivity contribution >= 4 is 141 Å². The van der Waals surface area contributed by atoms with Crippen molar-refractivity contribution in [3.05, 3.63) is 0 Å². The third kappa shape index (κ3) is 8.11. The van der Waals surface area contributed by atoms with Gasteiger partial charge in [-0.3, -0.25) is 0 Å². The van der Waals surface area contributed by atoms with Gasteiger partial charge in [0, 0.05) is 105 Å². The summed E-state index contributed by atoms with van der Waals surface area (Å²) in [6, 6.07) is 0. The van der Waals surface area contributed by atoms with E-state index in [1.165, 1.54) is 0 Å². The van der Waals surface area contributed by atoms with E-state index in [0.717, 1.165) is 0 Å². The van der Waals surface area contributed by atoms with Crippen LogP contribution in [0, 0.1) is 0 Å². The number of hydrogen-bond acceptors (Lipinski definition) is 24. The van der Waals surface area contributed by atoms with Crippen molar-refractivity contribution in [2.24, 2.45) is 0 Å². The van der Waals surface area contributed by atoms with Gasteiger partial charge in [-0.2, -0.15) is 0 Å². The van der Waals surface area contributed by atoms with Crippen molar-refractivity contribution in [2.75, 3.05) is 0 Å². The van der Waals surface area contributed by atoms with Gasteiger partial charge in [-0.05, 0) is 0 Å². The van der Waals surface area contributed by atoms with Crippen molar-refractivity contribution in [1.82, 2.24) is 0 Å². The molecule has 0 aromatic heterocycles. The van der Waals surface area contributed by atoms with E-state index in [1.54, 1.807) is 105 Å². The summed E-state index contributed by atoms with van der Waals surface area (Å²) in [6.45, 7) is 26.6. The fourth-order valence-corrected chi connectivity index (χ4v) is 99.7. The largest absolute Gasteiger partial charge is 0.475 e. The molecule has 0 saturated carbocycles. The van der Waals surface area contributed by atoms with E-state index in [-0.39, 0.29) is 0 Å². The molecular formula is C16H48O24Si16. The minimum atomic E-state index is -4.33. The Balaban J connectivity index is 1.48. The molecule has 0 amide bonds. The second-order valence-corrected chi connectivity index (χ2v) is 63.4. The summed E-state index contributed by atoms with van der Waals surface area (Å²) in [5, 5.41) is 0. The highest BCUT2D eigenvalue weighted by molar-refractivity contribution is 7.04. The lowest BCUT2D eigenvalue weighted by Gasteiger charge is -2.60. The third-order valence-electron chi connectivity index (χ3n) is 8.90. The maximum absolute atomic E-state index is 7.08. The highest BCUT2D eigenvalue weighted by Gasteiger charge is 2.80. The van der Waals surface area contributed by atoms with Crippen LogP contribution in [-0.4, -0.2) is 141 Å². The molecule has 0 unspecified atom stereocenters. The first kappa shape index (κ1) is 43.7. The fourth-order valence-electron chi connectivity index (χ4n) is 9.08. The molecule has 24 nitrogen and oxygen atoms in total. The molecule has 0 atom stereocenters. The van der Waals surface area contributed by atoms with Crippen LogP contribution in [-0.2, 0) is 98.8 Å². The van der Waals surface area contributed by atoms with E-state index in [4.69, 9.17) is 98.8 Å². The molecule has 56 heavy (non-hydrogen) atoms. The van der Waals surface area contributed by atoms with Gasteiger partial charge in [0.25, 0.3) is 0 Å². The van der Waals surface area contributed by atoms with Crippen molar-refractivity contribution in [3.8, 4) is 0 Å². The average molecular weight is 1070 g/mol. The molecule has 0 radical (unpaired) electrons. The van der Waals surface area contributed by atoms with Crippen LogP contribution in [0.4, 0.5) is 0 Å². The van der Waals surface area contributed by atoms with E-state index >= 15 is 0 Å². The number of hydrogen-bond donors (Lipinski definition) is 0. The summed E-state index contributed by atoms with van der Waals surface area (Å²) >= 11 is 0. The molecule has 16 bridgehead atoms. The Bertz CT molecular complexity index is 1320. The van der Waals surface area contributed by atoms with Gasteiger partial charge in [0.2, 0.25) is 0 Å². The first-order valence-electron chi connectivity index (χ1n) is 17.8. The minimum absolute atomic E-state index is 1.66. The molecule has 10 aliphatic rings. The third-order valence-corrected chi connectivity index (χ3v) is 80.1. The first-order chi connectivity index (χ1) is 25.0. The minimum Gasteiger partial charge on any atom is -0.374 e. The standard InChI is InChI=1S/C16H48O24Si16/c1-41-17-49(9)33-52(12)20-44(4)27-42(2,25-41)18-50(10)35-51(11)19-43(3,26-41)28-45(5)21-53(13,34-49)39-56(16,38-52)24-48(8)31-46(6,29-44)22-54(14,36-50)40-55(15,37-51)23-47(7,30-45)32-48/h1-16H3. The Morgan fingerprint density at radius 1 is 0.107 bits per heavy atom. The Morgan fingerprint density at radius 3 is 0.179 bits per heavy atom. The maximum atomic E-state index is 7.08. The Kier molecular flexibility index (Phi) is 9.56. The zero-order valence-electron chi connectivity index (χ0n) is 33.8. The van der Waals surface area contributed by atoms with Crippen molar-refractivity contribution in [1.29, 1.82) is 0 Å². The van der Waals surface area contributed by atoms with Gasteiger partial charge in [0.1, 0.15) is 0 Å². The summed E-state index contributed by atoms with van der Waals surface area (Å²) in [5.74, 6) is 0. The van der Waals surface area contributed by atoms with E-state index in [2.05, 4.69) is 0 Å². The first-order valence-corrected chi connectivity index (χ1v) is 53.4. The molecule has 10 aliphatic heterocycles. The van der Waals surface area contributed by atoms with Gasteiger partial charge in [0.15, 0.2) is 0 Å². The summed E-state index contributed by atoms with van der Waals surface area (Å²) in [7, 11) is -68.4. The summed E-state index contributed by atoms with van der Waals surface area (Å²) in [4.78, 5) is 0. The van der Waals surface area contributed by atoms with Crippen LogP contribution in [0.25, 0.3) is 0 Å². The van der Waals surface area contributed by atoms with Gasteiger partial charge in [-0.25, -0.2) is 0 Å². The Labute approximate surface area is 342 Å². The molecule has 0 aromatic rings. The Morgan fingerprint density at radius 2 is 0.143 bits per heavy atom. The Hall–Kier alpha value is 2.51. The smallest absolute Gasteiger partial charge is 0.374 e. The number of rotatable bonds is 0. The molecule has 10 heterocycles.